The van der Waals surface area contributed by atoms with Gasteiger partial charge in [0.25, 0.3) is 0 Å². The largest absolute Gasteiger partial charge is 0.493 e. The highest BCUT2D eigenvalue weighted by atomic mass is 16.5. The maximum absolute atomic E-state index is 11.7. The first-order valence-electron chi connectivity index (χ1n) is 7.57. The first kappa shape index (κ1) is 13.9. The highest BCUT2D eigenvalue weighted by Gasteiger charge is 2.12. The third-order valence-electron chi connectivity index (χ3n) is 3.96. The molecule has 3 rings (SSSR count). The molecule has 3 heteroatoms. The molecule has 1 aliphatic heterocycles. The van der Waals surface area contributed by atoms with Crippen molar-refractivity contribution in [2.24, 2.45) is 5.92 Å². The van der Waals surface area contributed by atoms with Gasteiger partial charge in [-0.15, -0.1) is 0 Å². The van der Waals surface area contributed by atoms with E-state index in [0.29, 0.717) is 12.5 Å². The molecule has 1 aromatic rings. The lowest BCUT2D eigenvalue weighted by molar-refractivity contribution is -0.139. The molecular weight excluding hydrogens is 264 g/mol. The maximum atomic E-state index is 11.7. The Morgan fingerprint density at radius 2 is 2.33 bits per heavy atom. The fraction of sp³-hybridized carbons (Fsp3) is 0.389. The van der Waals surface area contributed by atoms with E-state index in [1.807, 2.05) is 18.2 Å². The number of ether oxygens (including phenoxy) is 2. The number of allylic oxidation sites excluding steroid dienone is 2. The fourth-order valence-corrected chi connectivity index (χ4v) is 2.73. The normalized spacial score (nSPS) is 20.3. The molecular formula is C18H20O3. The number of hydrogen-bond acceptors (Lipinski definition) is 3. The molecule has 0 N–H and O–H groups in total. The van der Waals surface area contributed by atoms with Gasteiger partial charge < -0.3 is 9.47 Å². The Balaban J connectivity index is 1.51. The molecule has 0 radical (unpaired) electrons. The zero-order chi connectivity index (χ0) is 14.5. The SMILES string of the molecule is O=C(/C=C/c1ccc2c(c1)CCO2)OCC1CC=CCC1. The summed E-state index contributed by atoms with van der Waals surface area (Å²) < 4.78 is 10.8. The predicted molar refractivity (Wildman–Crippen MR) is 82.1 cm³/mol. The summed E-state index contributed by atoms with van der Waals surface area (Å²) in [6.45, 7) is 1.27. The van der Waals surface area contributed by atoms with Crippen LogP contribution in [0.15, 0.2) is 36.4 Å². The second-order valence-corrected chi connectivity index (χ2v) is 5.58. The lowest BCUT2D eigenvalue weighted by Crippen LogP contribution is -2.13. The Bertz CT molecular complexity index is 572. The van der Waals surface area contributed by atoms with Gasteiger partial charge in [-0.05, 0) is 54.5 Å². The second-order valence-electron chi connectivity index (χ2n) is 5.58. The molecule has 1 heterocycles. The molecule has 0 spiro atoms. The molecule has 1 atom stereocenters. The number of fused-ring (bicyclic) bond motifs is 1. The quantitative estimate of drug-likeness (QED) is 0.482. The van der Waals surface area contributed by atoms with Crippen molar-refractivity contribution >= 4 is 12.0 Å². The van der Waals surface area contributed by atoms with Crippen LogP contribution < -0.4 is 4.74 Å². The van der Waals surface area contributed by atoms with Crippen LogP contribution in [0.3, 0.4) is 0 Å². The van der Waals surface area contributed by atoms with Crippen molar-refractivity contribution in [3.05, 3.63) is 47.6 Å². The summed E-state index contributed by atoms with van der Waals surface area (Å²) in [5.74, 6) is 1.17. The molecule has 3 nitrogen and oxygen atoms in total. The van der Waals surface area contributed by atoms with E-state index in [0.717, 1.165) is 43.6 Å². The van der Waals surface area contributed by atoms with Gasteiger partial charge in [-0.25, -0.2) is 4.79 Å². The summed E-state index contributed by atoms with van der Waals surface area (Å²) >= 11 is 0. The number of carbonyl (C=O) groups is 1. The van der Waals surface area contributed by atoms with Gasteiger partial charge in [0.2, 0.25) is 0 Å². The summed E-state index contributed by atoms with van der Waals surface area (Å²) in [6.07, 6.45) is 11.8. The zero-order valence-electron chi connectivity index (χ0n) is 12.1. The molecule has 110 valence electrons. The summed E-state index contributed by atoms with van der Waals surface area (Å²) in [4.78, 5) is 11.7. The van der Waals surface area contributed by atoms with Crippen LogP contribution in [0.4, 0.5) is 0 Å². The Kier molecular flexibility index (Phi) is 4.39. The van der Waals surface area contributed by atoms with E-state index in [9.17, 15) is 4.79 Å². The van der Waals surface area contributed by atoms with Gasteiger partial charge in [0, 0.05) is 12.5 Å². The van der Waals surface area contributed by atoms with Crippen LogP contribution in [0.25, 0.3) is 6.08 Å². The molecule has 0 saturated heterocycles. The third-order valence-corrected chi connectivity index (χ3v) is 3.96. The highest BCUT2D eigenvalue weighted by Crippen LogP contribution is 2.26. The second kappa shape index (κ2) is 6.61. The van der Waals surface area contributed by atoms with Crippen LogP contribution in [0.5, 0.6) is 5.75 Å². The average Bonchev–Trinajstić information content (AvgIpc) is 2.99. The van der Waals surface area contributed by atoms with Crippen molar-refractivity contribution in [3.63, 3.8) is 0 Å². The minimum Gasteiger partial charge on any atom is -0.493 e. The standard InChI is InChI=1S/C18H20O3/c19-18(21-13-15-4-2-1-3-5-15)9-7-14-6-8-17-16(12-14)10-11-20-17/h1-2,6-9,12,15H,3-5,10-11,13H2/b9-7+. The zero-order valence-corrected chi connectivity index (χ0v) is 12.1. The molecule has 1 unspecified atom stereocenters. The van der Waals surface area contributed by atoms with Crippen molar-refractivity contribution in [1.82, 2.24) is 0 Å². The number of hydrogen-bond donors (Lipinski definition) is 0. The lowest BCUT2D eigenvalue weighted by Gasteiger charge is -2.16. The fourth-order valence-electron chi connectivity index (χ4n) is 2.73. The topological polar surface area (TPSA) is 35.5 Å². The molecule has 0 saturated carbocycles. The molecule has 0 fully saturated rings. The van der Waals surface area contributed by atoms with Gasteiger partial charge in [-0.1, -0.05) is 18.2 Å². The molecule has 0 bridgehead atoms. The van der Waals surface area contributed by atoms with Crippen molar-refractivity contribution < 1.29 is 14.3 Å². The monoisotopic (exact) mass is 284 g/mol. The molecule has 1 aliphatic carbocycles. The number of carbonyl (C=O) groups excluding carboxylic acids is 1. The molecule has 21 heavy (non-hydrogen) atoms. The lowest BCUT2D eigenvalue weighted by atomic mass is 9.95. The summed E-state index contributed by atoms with van der Waals surface area (Å²) in [5.41, 5.74) is 2.22. The van der Waals surface area contributed by atoms with Gasteiger partial charge in [-0.3, -0.25) is 0 Å². The van der Waals surface area contributed by atoms with E-state index in [1.54, 1.807) is 0 Å². The van der Waals surface area contributed by atoms with Gasteiger partial charge in [0.05, 0.1) is 13.2 Å². The minimum absolute atomic E-state index is 0.263. The van der Waals surface area contributed by atoms with Crippen LogP contribution in [-0.2, 0) is 16.0 Å². The first-order chi connectivity index (χ1) is 10.3. The number of esters is 1. The first-order valence-corrected chi connectivity index (χ1v) is 7.57. The molecule has 1 aromatic carbocycles. The summed E-state index contributed by atoms with van der Waals surface area (Å²) in [7, 11) is 0. The van der Waals surface area contributed by atoms with E-state index in [2.05, 4.69) is 18.2 Å². The van der Waals surface area contributed by atoms with E-state index >= 15 is 0 Å². The van der Waals surface area contributed by atoms with Crippen LogP contribution in [-0.4, -0.2) is 19.2 Å². The third kappa shape index (κ3) is 3.75. The maximum Gasteiger partial charge on any atom is 0.330 e. The van der Waals surface area contributed by atoms with Crippen molar-refractivity contribution in [2.45, 2.75) is 25.7 Å². The Labute approximate surface area is 125 Å². The number of rotatable bonds is 4. The highest BCUT2D eigenvalue weighted by molar-refractivity contribution is 5.87. The van der Waals surface area contributed by atoms with Crippen LogP contribution in [0.1, 0.15) is 30.4 Å². The van der Waals surface area contributed by atoms with Gasteiger partial charge in [-0.2, -0.15) is 0 Å². The molecule has 0 amide bonds. The van der Waals surface area contributed by atoms with E-state index < -0.39 is 0 Å². The van der Waals surface area contributed by atoms with Crippen LogP contribution in [0.2, 0.25) is 0 Å². The Morgan fingerprint density at radius 1 is 1.38 bits per heavy atom. The smallest absolute Gasteiger partial charge is 0.330 e. The van der Waals surface area contributed by atoms with E-state index in [-0.39, 0.29) is 5.97 Å². The van der Waals surface area contributed by atoms with Crippen molar-refractivity contribution in [2.75, 3.05) is 13.2 Å². The van der Waals surface area contributed by atoms with Crippen LogP contribution in [0, 0.1) is 5.92 Å². The summed E-state index contributed by atoms with van der Waals surface area (Å²) in [6, 6.07) is 5.99. The number of benzene rings is 1. The van der Waals surface area contributed by atoms with Crippen molar-refractivity contribution in [3.8, 4) is 5.75 Å². The van der Waals surface area contributed by atoms with Crippen molar-refractivity contribution in [1.29, 1.82) is 0 Å². The van der Waals surface area contributed by atoms with Crippen LogP contribution >= 0.6 is 0 Å². The average molecular weight is 284 g/mol. The van der Waals surface area contributed by atoms with E-state index in [1.165, 1.54) is 11.6 Å². The molecule has 2 aliphatic rings. The minimum atomic E-state index is -0.263. The Morgan fingerprint density at radius 3 is 3.19 bits per heavy atom. The molecule has 0 aromatic heterocycles. The predicted octanol–water partition coefficient (Wildman–Crippen LogP) is 3.53. The van der Waals surface area contributed by atoms with E-state index in [4.69, 9.17) is 9.47 Å². The summed E-state index contributed by atoms with van der Waals surface area (Å²) in [5, 5.41) is 0. The van der Waals surface area contributed by atoms with Gasteiger partial charge >= 0.3 is 5.97 Å². The Hall–Kier alpha value is -2.03. The van der Waals surface area contributed by atoms with Gasteiger partial charge in [0.15, 0.2) is 0 Å². The van der Waals surface area contributed by atoms with Gasteiger partial charge in [0.1, 0.15) is 5.75 Å².